The lowest BCUT2D eigenvalue weighted by molar-refractivity contribution is 0.241. The van der Waals surface area contributed by atoms with Crippen molar-refractivity contribution in [1.82, 2.24) is 4.67 Å². The number of nitrogens with zero attached hydrogens (tertiary/aromatic N) is 1. The number of hydrogen-bond donors (Lipinski definition) is 0. The van der Waals surface area contributed by atoms with E-state index in [1.165, 1.54) is 22.3 Å². The number of fused-ring (bicyclic) bond motifs is 2. The van der Waals surface area contributed by atoms with E-state index in [9.17, 15) is 0 Å². The van der Waals surface area contributed by atoms with Gasteiger partial charge in [-0.1, -0.05) is 114 Å². The van der Waals surface area contributed by atoms with Crippen LogP contribution in [-0.2, 0) is 17.3 Å². The molecular weight excluding hydrogens is 577 g/mol. The van der Waals surface area contributed by atoms with Crippen molar-refractivity contribution in [1.29, 1.82) is 0 Å². The average Bonchev–Trinajstić information content (AvgIpc) is 3.00. The summed E-state index contributed by atoms with van der Waals surface area (Å²) in [5.74, 6) is 2.90. The second kappa shape index (κ2) is 13.1. The van der Waals surface area contributed by atoms with E-state index < -0.39 is 8.53 Å². The monoisotopic (exact) mass is 625 g/mol. The molecule has 1 aliphatic heterocycles. The molecule has 0 aliphatic carbocycles. The molecule has 0 bridgehead atoms. The molecule has 0 N–H and O–H groups in total. The van der Waals surface area contributed by atoms with Gasteiger partial charge in [-0.05, 0) is 59.1 Å². The van der Waals surface area contributed by atoms with E-state index in [0.29, 0.717) is 17.9 Å². The lowest BCUT2D eigenvalue weighted by atomic mass is 9.78. The summed E-state index contributed by atoms with van der Waals surface area (Å²) in [6, 6.07) is 29.6. The zero-order chi connectivity index (χ0) is 32.5. The second-order valence-corrected chi connectivity index (χ2v) is 15.2. The van der Waals surface area contributed by atoms with Crippen LogP contribution in [0.15, 0.2) is 84.9 Å². The first-order valence-corrected chi connectivity index (χ1v) is 16.9. The first kappa shape index (κ1) is 32.9. The Morgan fingerprint density at radius 3 is 1.31 bits per heavy atom. The van der Waals surface area contributed by atoms with E-state index in [2.05, 4.69) is 133 Å². The zero-order valence-corrected chi connectivity index (χ0v) is 29.4. The highest BCUT2D eigenvalue weighted by Gasteiger charge is 2.40. The molecule has 0 saturated heterocycles. The number of hydrogen-bond acceptors (Lipinski definition) is 5. The van der Waals surface area contributed by atoms with Crippen LogP contribution in [0.1, 0.15) is 101 Å². The molecule has 5 rings (SSSR count). The lowest BCUT2D eigenvalue weighted by Crippen LogP contribution is -2.30. The summed E-state index contributed by atoms with van der Waals surface area (Å²) in [6.45, 7) is 18.0. The maximum atomic E-state index is 7.21. The molecule has 5 nitrogen and oxygen atoms in total. The molecule has 1 heterocycles. The van der Waals surface area contributed by atoms with Crippen molar-refractivity contribution in [3.63, 3.8) is 0 Å². The van der Waals surface area contributed by atoms with Crippen LogP contribution in [0.3, 0.4) is 0 Å². The van der Waals surface area contributed by atoms with Crippen LogP contribution in [-0.4, -0.2) is 18.9 Å². The third-order valence-electron chi connectivity index (χ3n) is 8.74. The Morgan fingerprint density at radius 2 is 0.978 bits per heavy atom. The molecule has 238 valence electrons. The Balaban J connectivity index is 1.83. The van der Waals surface area contributed by atoms with Crippen LogP contribution in [0, 0.1) is 0 Å². The number of methoxy groups -OCH3 is 2. The first-order chi connectivity index (χ1) is 21.3. The number of ether oxygens (including phenoxy) is 2. The molecule has 0 saturated carbocycles. The SMILES string of the molecule is COc1ccc(C(C)(C)C)c2c1OP(N(C(C)c1ccccc1)[C@H](C)c1ccccc1)Oc1c(OC)ccc(C(C)(C)C)c1C2. The van der Waals surface area contributed by atoms with Gasteiger partial charge in [-0.3, -0.25) is 0 Å². The fraction of sp³-hybridized carbons (Fsp3) is 0.385. The first-order valence-electron chi connectivity index (χ1n) is 15.8. The Labute approximate surface area is 271 Å². The summed E-state index contributed by atoms with van der Waals surface area (Å²) in [5, 5.41) is 0. The largest absolute Gasteiger partial charge is 0.493 e. The van der Waals surface area contributed by atoms with Crippen LogP contribution < -0.4 is 18.5 Å². The minimum Gasteiger partial charge on any atom is -0.493 e. The van der Waals surface area contributed by atoms with E-state index in [1.54, 1.807) is 14.2 Å². The van der Waals surface area contributed by atoms with E-state index >= 15 is 0 Å². The summed E-state index contributed by atoms with van der Waals surface area (Å²) < 4.78 is 28.8. The fourth-order valence-electron chi connectivity index (χ4n) is 6.32. The lowest BCUT2D eigenvalue weighted by Gasteiger charge is -2.40. The molecular formula is C39H48NO4P. The normalized spacial score (nSPS) is 15.1. The minimum absolute atomic E-state index is 0.0348. The summed E-state index contributed by atoms with van der Waals surface area (Å²) in [7, 11) is 1.68. The summed E-state index contributed by atoms with van der Waals surface area (Å²) in [5.41, 5.74) is 6.81. The van der Waals surface area contributed by atoms with Gasteiger partial charge in [0.15, 0.2) is 23.0 Å². The summed E-state index contributed by atoms with van der Waals surface area (Å²) in [6.07, 6.45) is 0.629. The third-order valence-corrected chi connectivity index (χ3v) is 10.5. The predicted octanol–water partition coefficient (Wildman–Crippen LogP) is 10.7. The van der Waals surface area contributed by atoms with Crippen molar-refractivity contribution in [3.8, 4) is 23.0 Å². The fourth-order valence-corrected chi connectivity index (χ4v) is 8.09. The van der Waals surface area contributed by atoms with Gasteiger partial charge in [-0.15, -0.1) is 0 Å². The van der Waals surface area contributed by atoms with Crippen LogP contribution in [0.25, 0.3) is 0 Å². The van der Waals surface area contributed by atoms with Gasteiger partial charge in [0.2, 0.25) is 0 Å². The average molecular weight is 626 g/mol. The van der Waals surface area contributed by atoms with Crippen molar-refractivity contribution in [2.24, 2.45) is 0 Å². The maximum absolute atomic E-state index is 7.21. The maximum Gasteiger partial charge on any atom is 0.385 e. The molecule has 0 radical (unpaired) electrons. The van der Waals surface area contributed by atoms with Crippen LogP contribution in [0.2, 0.25) is 0 Å². The van der Waals surface area contributed by atoms with Crippen molar-refractivity contribution < 1.29 is 18.5 Å². The van der Waals surface area contributed by atoms with Gasteiger partial charge in [0.1, 0.15) is 0 Å². The second-order valence-electron chi connectivity index (χ2n) is 13.9. The van der Waals surface area contributed by atoms with Crippen molar-refractivity contribution in [2.75, 3.05) is 14.2 Å². The van der Waals surface area contributed by atoms with E-state index in [1.807, 2.05) is 12.1 Å². The van der Waals surface area contributed by atoms with Gasteiger partial charge >= 0.3 is 8.53 Å². The Kier molecular flexibility index (Phi) is 9.54. The smallest absolute Gasteiger partial charge is 0.385 e. The van der Waals surface area contributed by atoms with Gasteiger partial charge in [-0.25, -0.2) is 4.67 Å². The summed E-state index contributed by atoms with van der Waals surface area (Å²) in [4.78, 5) is 0. The third kappa shape index (κ3) is 6.71. The van der Waals surface area contributed by atoms with Gasteiger partial charge in [0.25, 0.3) is 0 Å². The Hall–Kier alpha value is -3.53. The highest BCUT2D eigenvalue weighted by molar-refractivity contribution is 7.45. The van der Waals surface area contributed by atoms with Gasteiger partial charge in [0.05, 0.1) is 14.2 Å². The molecule has 4 aromatic rings. The highest BCUT2D eigenvalue weighted by atomic mass is 31.2. The Bertz CT molecular complexity index is 1490. The Morgan fingerprint density at radius 1 is 0.600 bits per heavy atom. The molecule has 1 unspecified atom stereocenters. The van der Waals surface area contributed by atoms with Crippen LogP contribution in [0.5, 0.6) is 23.0 Å². The summed E-state index contributed by atoms with van der Waals surface area (Å²) >= 11 is 0. The molecule has 0 spiro atoms. The molecule has 4 aromatic carbocycles. The molecule has 0 fully saturated rings. The van der Waals surface area contributed by atoms with Crippen molar-refractivity contribution >= 4 is 8.53 Å². The molecule has 1 aliphatic rings. The van der Waals surface area contributed by atoms with Gasteiger partial charge < -0.3 is 18.5 Å². The zero-order valence-electron chi connectivity index (χ0n) is 28.5. The highest BCUT2D eigenvalue weighted by Crippen LogP contribution is 2.59. The minimum atomic E-state index is -1.75. The van der Waals surface area contributed by atoms with E-state index in [0.717, 1.165) is 22.6 Å². The van der Waals surface area contributed by atoms with Crippen LogP contribution >= 0.6 is 8.53 Å². The molecule has 45 heavy (non-hydrogen) atoms. The molecule has 6 heteroatoms. The van der Waals surface area contributed by atoms with Gasteiger partial charge in [-0.2, -0.15) is 0 Å². The standard InChI is InChI=1S/C39H48NO4P/c1-26(28-17-13-11-14-18-28)40(27(2)29-19-15-12-16-20-29)45-43-36-30(32(38(3,4)5)21-23-34(36)41-9)25-31-33(39(6,7)8)22-24-35(42-10)37(31)44-45/h11-24,26-27H,25H2,1-10H3/t26-,27?/m1/s1. The quantitative estimate of drug-likeness (QED) is 0.191. The molecule has 0 amide bonds. The van der Waals surface area contributed by atoms with Crippen LogP contribution in [0.4, 0.5) is 0 Å². The van der Waals surface area contributed by atoms with E-state index in [4.69, 9.17) is 18.5 Å². The van der Waals surface area contributed by atoms with Crippen molar-refractivity contribution in [2.45, 2.75) is 84.7 Å². The van der Waals surface area contributed by atoms with Gasteiger partial charge in [0, 0.05) is 29.6 Å². The number of rotatable bonds is 7. The predicted molar refractivity (Wildman–Crippen MR) is 186 cm³/mol. The molecule has 2 atom stereocenters. The number of benzene rings is 4. The molecule has 0 aromatic heterocycles. The topological polar surface area (TPSA) is 40.2 Å². The van der Waals surface area contributed by atoms with Crippen molar-refractivity contribution in [3.05, 3.63) is 118 Å². The van der Waals surface area contributed by atoms with E-state index in [-0.39, 0.29) is 22.9 Å².